The summed E-state index contributed by atoms with van der Waals surface area (Å²) in [5.74, 6) is 1.18. The van der Waals surface area contributed by atoms with Crippen LogP contribution in [-0.4, -0.2) is 34.1 Å². The normalized spacial score (nSPS) is 18.7. The maximum absolute atomic E-state index is 5.39. The fraction of sp³-hybridized carbons (Fsp3) is 0.786. The van der Waals surface area contributed by atoms with Crippen LogP contribution in [0, 0.1) is 10.7 Å². The van der Waals surface area contributed by atoms with Crippen molar-refractivity contribution in [3.63, 3.8) is 0 Å². The molecule has 3 nitrogen and oxygen atoms in total. The molecule has 4 heteroatoms. The first-order valence-electron chi connectivity index (χ1n) is 7.08. The second-order valence-electron chi connectivity index (χ2n) is 5.90. The summed E-state index contributed by atoms with van der Waals surface area (Å²) < 4.78 is 3.15. The molecule has 1 aliphatic rings. The zero-order valence-corrected chi connectivity index (χ0v) is 12.6. The highest BCUT2D eigenvalue weighted by Gasteiger charge is 2.16. The predicted molar refractivity (Wildman–Crippen MR) is 78.5 cm³/mol. The largest absolute Gasteiger partial charge is 0.337 e. The van der Waals surface area contributed by atoms with E-state index in [1.54, 1.807) is 0 Å². The van der Waals surface area contributed by atoms with Crippen molar-refractivity contribution in [2.24, 2.45) is 5.92 Å². The Kier molecular flexibility index (Phi) is 4.62. The Balaban J connectivity index is 1.99. The van der Waals surface area contributed by atoms with Crippen LogP contribution in [0.25, 0.3) is 0 Å². The number of nitrogens with zero attached hydrogens (tertiary/aromatic N) is 2. The third-order valence-electron chi connectivity index (χ3n) is 3.75. The molecule has 1 fully saturated rings. The van der Waals surface area contributed by atoms with Crippen LogP contribution in [0.3, 0.4) is 0 Å². The van der Waals surface area contributed by atoms with E-state index in [2.05, 4.69) is 41.4 Å². The van der Waals surface area contributed by atoms with E-state index < -0.39 is 0 Å². The minimum Gasteiger partial charge on any atom is -0.337 e. The Hall–Kier alpha value is -0.610. The lowest BCUT2D eigenvalue weighted by atomic mass is 10.1. The SMILES string of the molecule is CC(CN1CCCC1)Cn1c(C(C)C)c[nH]c1=S. The van der Waals surface area contributed by atoms with Crippen LogP contribution in [0.1, 0.15) is 45.2 Å². The van der Waals surface area contributed by atoms with Crippen molar-refractivity contribution in [1.82, 2.24) is 14.5 Å². The Morgan fingerprint density at radius 1 is 1.22 bits per heavy atom. The maximum atomic E-state index is 5.39. The third kappa shape index (κ3) is 3.23. The molecule has 1 atom stereocenters. The highest BCUT2D eigenvalue weighted by Crippen LogP contribution is 2.17. The van der Waals surface area contributed by atoms with E-state index >= 15 is 0 Å². The summed E-state index contributed by atoms with van der Waals surface area (Å²) in [6, 6.07) is 0. The van der Waals surface area contributed by atoms with Gasteiger partial charge in [-0.15, -0.1) is 0 Å². The lowest BCUT2D eigenvalue weighted by Crippen LogP contribution is -2.28. The van der Waals surface area contributed by atoms with Gasteiger partial charge < -0.3 is 14.5 Å². The van der Waals surface area contributed by atoms with Gasteiger partial charge in [0.15, 0.2) is 4.77 Å². The van der Waals surface area contributed by atoms with Crippen LogP contribution in [0.15, 0.2) is 6.20 Å². The summed E-state index contributed by atoms with van der Waals surface area (Å²) in [5, 5.41) is 0. The molecule has 2 rings (SSSR count). The summed E-state index contributed by atoms with van der Waals surface area (Å²) in [4.78, 5) is 5.76. The van der Waals surface area contributed by atoms with E-state index in [9.17, 15) is 0 Å². The standard InChI is InChI=1S/C14H25N3S/c1-11(2)13-8-15-14(18)17(13)10-12(3)9-16-6-4-5-7-16/h8,11-12H,4-7,9-10H2,1-3H3,(H,15,18). The first-order chi connectivity index (χ1) is 8.58. The molecule has 2 heterocycles. The van der Waals surface area contributed by atoms with Gasteiger partial charge in [-0.3, -0.25) is 0 Å². The highest BCUT2D eigenvalue weighted by atomic mass is 32.1. The second kappa shape index (κ2) is 6.02. The van der Waals surface area contributed by atoms with Gasteiger partial charge >= 0.3 is 0 Å². The van der Waals surface area contributed by atoms with Crippen LogP contribution >= 0.6 is 12.2 Å². The van der Waals surface area contributed by atoms with Gasteiger partial charge in [0.25, 0.3) is 0 Å². The van der Waals surface area contributed by atoms with Gasteiger partial charge in [0.1, 0.15) is 0 Å². The molecule has 0 saturated carbocycles. The van der Waals surface area contributed by atoms with Crippen molar-refractivity contribution < 1.29 is 0 Å². The lowest BCUT2D eigenvalue weighted by molar-refractivity contribution is 0.269. The Labute approximate surface area is 115 Å². The number of aromatic nitrogens is 2. The number of imidazole rings is 1. The summed E-state index contributed by atoms with van der Waals surface area (Å²) in [7, 11) is 0. The molecule has 102 valence electrons. The van der Waals surface area contributed by atoms with Crippen molar-refractivity contribution >= 4 is 12.2 Å². The topological polar surface area (TPSA) is 24.0 Å². The quantitative estimate of drug-likeness (QED) is 0.827. The van der Waals surface area contributed by atoms with Crippen LogP contribution in [0.2, 0.25) is 0 Å². The van der Waals surface area contributed by atoms with Crippen molar-refractivity contribution in [1.29, 1.82) is 0 Å². The van der Waals surface area contributed by atoms with E-state index in [0.717, 1.165) is 11.3 Å². The number of likely N-dealkylation sites (tertiary alicyclic amines) is 1. The molecule has 0 amide bonds. The minimum absolute atomic E-state index is 0.525. The first kappa shape index (κ1) is 13.8. The third-order valence-corrected chi connectivity index (χ3v) is 4.09. The van der Waals surface area contributed by atoms with E-state index in [4.69, 9.17) is 12.2 Å². The fourth-order valence-electron chi connectivity index (χ4n) is 2.85. The monoisotopic (exact) mass is 267 g/mol. The van der Waals surface area contributed by atoms with Gasteiger partial charge in [-0.2, -0.15) is 0 Å². The smallest absolute Gasteiger partial charge is 0.177 e. The van der Waals surface area contributed by atoms with Crippen LogP contribution in [0.5, 0.6) is 0 Å². The zero-order valence-electron chi connectivity index (χ0n) is 11.8. The fourth-order valence-corrected chi connectivity index (χ4v) is 3.09. The average Bonchev–Trinajstić information content (AvgIpc) is 2.90. The molecular formula is C14H25N3S. The van der Waals surface area contributed by atoms with Crippen molar-refractivity contribution in [2.75, 3.05) is 19.6 Å². The van der Waals surface area contributed by atoms with E-state index in [1.807, 2.05) is 0 Å². The zero-order chi connectivity index (χ0) is 13.1. The Morgan fingerprint density at radius 2 is 1.89 bits per heavy atom. The summed E-state index contributed by atoms with van der Waals surface area (Å²) in [5.41, 5.74) is 1.33. The molecule has 0 aliphatic carbocycles. The lowest BCUT2D eigenvalue weighted by Gasteiger charge is -2.22. The number of H-pyrrole nitrogens is 1. The van der Waals surface area contributed by atoms with E-state index in [0.29, 0.717) is 11.8 Å². The molecule has 0 bridgehead atoms. The number of rotatable bonds is 5. The predicted octanol–water partition coefficient (Wildman–Crippen LogP) is 3.40. The van der Waals surface area contributed by atoms with Gasteiger partial charge in [-0.1, -0.05) is 20.8 Å². The molecule has 1 unspecified atom stereocenters. The summed E-state index contributed by atoms with van der Waals surface area (Å²) in [6.45, 7) is 11.6. The average molecular weight is 267 g/mol. The molecule has 1 aromatic rings. The summed E-state index contributed by atoms with van der Waals surface area (Å²) >= 11 is 5.39. The molecule has 0 spiro atoms. The molecule has 1 aromatic heterocycles. The molecule has 1 aliphatic heterocycles. The van der Waals surface area contributed by atoms with Gasteiger partial charge in [-0.05, 0) is 50.0 Å². The van der Waals surface area contributed by atoms with E-state index in [-0.39, 0.29) is 0 Å². The second-order valence-corrected chi connectivity index (χ2v) is 6.28. The number of nitrogens with one attached hydrogen (secondary N) is 1. The van der Waals surface area contributed by atoms with Crippen LogP contribution < -0.4 is 0 Å². The van der Waals surface area contributed by atoms with E-state index in [1.165, 1.54) is 38.2 Å². The molecule has 1 saturated heterocycles. The van der Waals surface area contributed by atoms with Gasteiger partial charge in [0.2, 0.25) is 0 Å². The number of hydrogen-bond donors (Lipinski definition) is 1. The highest BCUT2D eigenvalue weighted by molar-refractivity contribution is 7.71. The Bertz CT molecular complexity index is 426. The van der Waals surface area contributed by atoms with Crippen molar-refractivity contribution in [3.8, 4) is 0 Å². The molecule has 18 heavy (non-hydrogen) atoms. The maximum Gasteiger partial charge on any atom is 0.177 e. The molecular weight excluding hydrogens is 242 g/mol. The van der Waals surface area contributed by atoms with Crippen LogP contribution in [0.4, 0.5) is 0 Å². The van der Waals surface area contributed by atoms with Gasteiger partial charge in [0.05, 0.1) is 0 Å². The Morgan fingerprint density at radius 3 is 2.50 bits per heavy atom. The number of aromatic amines is 1. The van der Waals surface area contributed by atoms with Crippen molar-refractivity contribution in [3.05, 3.63) is 16.7 Å². The molecule has 1 N–H and O–H groups in total. The van der Waals surface area contributed by atoms with Crippen LogP contribution in [-0.2, 0) is 6.54 Å². The molecule has 0 radical (unpaired) electrons. The minimum atomic E-state index is 0.525. The molecule has 0 aromatic carbocycles. The van der Waals surface area contributed by atoms with Crippen molar-refractivity contribution in [2.45, 2.75) is 46.1 Å². The van der Waals surface area contributed by atoms with Gasteiger partial charge in [-0.25, -0.2) is 0 Å². The van der Waals surface area contributed by atoms with Gasteiger partial charge in [0, 0.05) is 25.0 Å². The first-order valence-corrected chi connectivity index (χ1v) is 7.49. The summed E-state index contributed by atoms with van der Waals surface area (Å²) in [6.07, 6.45) is 4.80. The number of hydrogen-bond acceptors (Lipinski definition) is 2.